The van der Waals surface area contributed by atoms with Gasteiger partial charge in [0.2, 0.25) is 5.91 Å². The molecule has 0 radical (unpaired) electrons. The Hall–Kier alpha value is -3.31. The first-order valence-electron chi connectivity index (χ1n) is 11.8. The Balaban J connectivity index is 1.73. The van der Waals surface area contributed by atoms with E-state index in [1.54, 1.807) is 14.2 Å². The van der Waals surface area contributed by atoms with Crippen LogP contribution >= 0.6 is 0 Å². The van der Waals surface area contributed by atoms with Crippen LogP contribution in [0.15, 0.2) is 60.7 Å². The summed E-state index contributed by atoms with van der Waals surface area (Å²) in [4.78, 5) is 12.9. The van der Waals surface area contributed by atoms with Crippen molar-refractivity contribution in [2.45, 2.75) is 46.1 Å². The molecule has 1 amide bonds. The minimum atomic E-state index is -0.0458. The second-order valence-corrected chi connectivity index (χ2v) is 9.03. The molecule has 0 fully saturated rings. The van der Waals surface area contributed by atoms with Crippen molar-refractivity contribution in [2.75, 3.05) is 26.1 Å². The van der Waals surface area contributed by atoms with E-state index in [-0.39, 0.29) is 12.5 Å². The van der Waals surface area contributed by atoms with Gasteiger partial charge in [-0.25, -0.2) is 0 Å². The normalized spacial score (nSPS) is 11.1. The lowest BCUT2D eigenvalue weighted by Crippen LogP contribution is -2.28. The molecule has 0 aliphatic carbocycles. The van der Waals surface area contributed by atoms with E-state index < -0.39 is 0 Å². The Morgan fingerprint density at radius 1 is 0.824 bits per heavy atom. The van der Waals surface area contributed by atoms with Crippen molar-refractivity contribution in [1.82, 2.24) is 5.32 Å². The lowest BCUT2D eigenvalue weighted by Gasteiger charge is -2.20. The molecule has 5 heteroatoms. The van der Waals surface area contributed by atoms with Gasteiger partial charge in [-0.1, -0.05) is 70.2 Å². The monoisotopic (exact) mass is 460 g/mol. The molecule has 0 saturated heterocycles. The predicted molar refractivity (Wildman–Crippen MR) is 140 cm³/mol. The Labute approximate surface area is 203 Å². The van der Waals surface area contributed by atoms with Crippen LogP contribution < -0.4 is 20.1 Å². The van der Waals surface area contributed by atoms with Crippen molar-refractivity contribution >= 4 is 11.6 Å². The molecule has 0 bridgehead atoms. The number of methoxy groups -OCH3 is 2. The Kier molecular flexibility index (Phi) is 8.72. The number of nitrogens with one attached hydrogen (secondary N) is 2. The number of ether oxygens (including phenoxy) is 2. The number of para-hydroxylation sites is 1. The molecule has 0 unspecified atom stereocenters. The van der Waals surface area contributed by atoms with Crippen molar-refractivity contribution in [3.8, 4) is 22.6 Å². The predicted octanol–water partition coefficient (Wildman–Crippen LogP) is 6.35. The first-order valence-corrected chi connectivity index (χ1v) is 11.8. The number of rotatable bonds is 10. The molecule has 0 aliphatic rings. The van der Waals surface area contributed by atoms with Crippen LogP contribution in [0.2, 0.25) is 0 Å². The lowest BCUT2D eigenvalue weighted by atomic mass is 9.92. The summed E-state index contributed by atoms with van der Waals surface area (Å²) in [6.45, 7) is 9.39. The van der Waals surface area contributed by atoms with Crippen molar-refractivity contribution in [3.05, 3.63) is 77.4 Å². The van der Waals surface area contributed by atoms with E-state index in [0.717, 1.165) is 45.0 Å². The van der Waals surface area contributed by atoms with E-state index >= 15 is 0 Å². The van der Waals surface area contributed by atoms with E-state index in [1.165, 1.54) is 0 Å². The van der Waals surface area contributed by atoms with Gasteiger partial charge in [-0.05, 0) is 51.8 Å². The van der Waals surface area contributed by atoms with Crippen LogP contribution in [0.1, 0.15) is 56.2 Å². The number of hydrogen-bond acceptors (Lipinski definition) is 4. The molecular weight excluding hydrogens is 424 g/mol. The quantitative estimate of drug-likeness (QED) is 0.370. The topological polar surface area (TPSA) is 59.6 Å². The summed E-state index contributed by atoms with van der Waals surface area (Å²) in [5.41, 5.74) is 6.44. The minimum Gasteiger partial charge on any atom is -0.497 e. The number of amides is 1. The molecule has 3 aromatic rings. The summed E-state index contributed by atoms with van der Waals surface area (Å²) in [5.74, 6) is 2.08. The van der Waals surface area contributed by atoms with Crippen molar-refractivity contribution < 1.29 is 14.3 Å². The standard InChI is InChI=1S/C29H36N2O3/c1-19(2)25-12-9-13-26(20(3)4)29(25)31-28(32)18-30-17-21-10-7-8-11-27(21)22-14-23(33-5)16-24(15-22)34-6/h7-16,19-20,30H,17-18H2,1-6H3,(H,31,32). The number of benzene rings is 3. The number of anilines is 1. The summed E-state index contributed by atoms with van der Waals surface area (Å²) in [6, 6.07) is 20.2. The number of hydrogen-bond donors (Lipinski definition) is 2. The van der Waals surface area contributed by atoms with Crippen LogP contribution in [-0.2, 0) is 11.3 Å². The Morgan fingerprint density at radius 3 is 1.97 bits per heavy atom. The molecule has 0 spiro atoms. The summed E-state index contributed by atoms with van der Waals surface area (Å²) in [7, 11) is 3.29. The van der Waals surface area contributed by atoms with Gasteiger partial charge in [-0.3, -0.25) is 4.79 Å². The van der Waals surface area contributed by atoms with E-state index in [4.69, 9.17) is 9.47 Å². The van der Waals surface area contributed by atoms with Gasteiger partial charge in [0.15, 0.2) is 0 Å². The summed E-state index contributed by atoms with van der Waals surface area (Å²) >= 11 is 0. The fourth-order valence-electron chi connectivity index (χ4n) is 4.11. The fourth-order valence-corrected chi connectivity index (χ4v) is 4.11. The van der Waals surface area contributed by atoms with Gasteiger partial charge in [0.05, 0.1) is 20.8 Å². The highest BCUT2D eigenvalue weighted by Gasteiger charge is 2.16. The highest BCUT2D eigenvalue weighted by molar-refractivity contribution is 5.94. The van der Waals surface area contributed by atoms with Crippen LogP contribution in [0.4, 0.5) is 5.69 Å². The first kappa shape index (κ1) is 25.3. The van der Waals surface area contributed by atoms with Crippen LogP contribution in [0.5, 0.6) is 11.5 Å². The summed E-state index contributed by atoms with van der Waals surface area (Å²) in [6.07, 6.45) is 0. The molecule has 0 saturated carbocycles. The van der Waals surface area contributed by atoms with E-state index in [0.29, 0.717) is 18.4 Å². The molecular formula is C29H36N2O3. The Bertz CT molecular complexity index is 1070. The van der Waals surface area contributed by atoms with Gasteiger partial charge in [-0.2, -0.15) is 0 Å². The molecule has 5 nitrogen and oxygen atoms in total. The highest BCUT2D eigenvalue weighted by Crippen LogP contribution is 2.33. The number of carbonyl (C=O) groups excluding carboxylic acids is 1. The lowest BCUT2D eigenvalue weighted by molar-refractivity contribution is -0.115. The average Bonchev–Trinajstić information content (AvgIpc) is 2.83. The zero-order chi connectivity index (χ0) is 24.7. The summed E-state index contributed by atoms with van der Waals surface area (Å²) in [5, 5.41) is 6.48. The third-order valence-corrected chi connectivity index (χ3v) is 5.92. The average molecular weight is 461 g/mol. The molecule has 2 N–H and O–H groups in total. The maximum absolute atomic E-state index is 12.9. The van der Waals surface area contributed by atoms with E-state index in [2.05, 4.69) is 68.7 Å². The van der Waals surface area contributed by atoms with Crippen molar-refractivity contribution in [3.63, 3.8) is 0 Å². The summed E-state index contributed by atoms with van der Waals surface area (Å²) < 4.78 is 10.9. The van der Waals surface area contributed by atoms with Gasteiger partial charge in [0.1, 0.15) is 11.5 Å². The minimum absolute atomic E-state index is 0.0458. The SMILES string of the molecule is COc1cc(OC)cc(-c2ccccc2CNCC(=O)Nc2c(C(C)C)cccc2C(C)C)c1. The molecule has 0 atom stereocenters. The van der Waals surface area contributed by atoms with Crippen LogP contribution in [-0.4, -0.2) is 26.7 Å². The van der Waals surface area contributed by atoms with E-state index in [9.17, 15) is 4.79 Å². The van der Waals surface area contributed by atoms with Gasteiger partial charge >= 0.3 is 0 Å². The zero-order valence-electron chi connectivity index (χ0n) is 21.1. The molecule has 0 aliphatic heterocycles. The highest BCUT2D eigenvalue weighted by atomic mass is 16.5. The van der Waals surface area contributed by atoms with Gasteiger partial charge in [0.25, 0.3) is 0 Å². The zero-order valence-corrected chi connectivity index (χ0v) is 21.1. The first-order chi connectivity index (χ1) is 16.3. The fraction of sp³-hybridized carbons (Fsp3) is 0.345. The molecule has 180 valence electrons. The van der Waals surface area contributed by atoms with Crippen LogP contribution in [0.3, 0.4) is 0 Å². The second kappa shape index (κ2) is 11.7. The van der Waals surface area contributed by atoms with Crippen molar-refractivity contribution in [1.29, 1.82) is 0 Å². The van der Waals surface area contributed by atoms with Crippen LogP contribution in [0, 0.1) is 0 Å². The third kappa shape index (κ3) is 6.17. The molecule has 0 heterocycles. The molecule has 3 aromatic carbocycles. The largest absolute Gasteiger partial charge is 0.497 e. The van der Waals surface area contributed by atoms with Gasteiger partial charge in [-0.15, -0.1) is 0 Å². The maximum Gasteiger partial charge on any atom is 0.238 e. The maximum atomic E-state index is 12.9. The second-order valence-electron chi connectivity index (χ2n) is 9.03. The molecule has 34 heavy (non-hydrogen) atoms. The van der Waals surface area contributed by atoms with Gasteiger partial charge < -0.3 is 20.1 Å². The van der Waals surface area contributed by atoms with Crippen molar-refractivity contribution in [2.24, 2.45) is 0 Å². The van der Waals surface area contributed by atoms with E-state index in [1.807, 2.05) is 30.3 Å². The molecule has 3 rings (SSSR count). The molecule has 0 aromatic heterocycles. The third-order valence-electron chi connectivity index (χ3n) is 5.92. The Morgan fingerprint density at radius 2 is 1.41 bits per heavy atom. The van der Waals surface area contributed by atoms with Gasteiger partial charge in [0, 0.05) is 18.3 Å². The smallest absolute Gasteiger partial charge is 0.238 e. The number of carbonyl (C=O) groups is 1. The van der Waals surface area contributed by atoms with Crippen LogP contribution in [0.25, 0.3) is 11.1 Å².